The summed E-state index contributed by atoms with van der Waals surface area (Å²) in [5.41, 5.74) is 2.68. The highest BCUT2D eigenvalue weighted by atomic mass is 16.4. The Morgan fingerprint density at radius 1 is 1.15 bits per heavy atom. The molecular weight excluding hydrogens is 338 g/mol. The molecule has 2 N–H and O–H groups in total. The lowest BCUT2D eigenvalue weighted by atomic mass is 9.96. The van der Waals surface area contributed by atoms with Gasteiger partial charge in [-0.1, -0.05) is 19.1 Å². The van der Waals surface area contributed by atoms with Gasteiger partial charge < -0.3 is 14.6 Å². The highest BCUT2D eigenvalue weighted by Crippen LogP contribution is 2.19. The summed E-state index contributed by atoms with van der Waals surface area (Å²) < 4.78 is 5.31. The molecule has 0 amide bonds. The highest BCUT2D eigenvalue weighted by Gasteiger charge is 2.14. The number of oxazole rings is 1. The first kappa shape index (κ1) is 20.2. The Morgan fingerprint density at radius 2 is 2.07 bits per heavy atom. The molecule has 27 heavy (non-hydrogen) atoms. The maximum atomic E-state index is 11.4. The monoisotopic (exact) mass is 373 g/mol. The van der Waals surface area contributed by atoms with E-state index in [0.717, 1.165) is 35.4 Å². The molecule has 1 fully saturated rings. The van der Waals surface area contributed by atoms with Crippen molar-refractivity contribution in [3.8, 4) is 0 Å². The van der Waals surface area contributed by atoms with Crippen molar-refractivity contribution in [2.75, 3.05) is 32.7 Å². The maximum absolute atomic E-state index is 11.4. The number of unbranched alkanes of at least 4 members (excludes halogenated alkanes) is 1. The van der Waals surface area contributed by atoms with Gasteiger partial charge in [0.25, 0.3) is 0 Å². The van der Waals surface area contributed by atoms with Gasteiger partial charge in [-0.2, -0.15) is 0 Å². The van der Waals surface area contributed by atoms with Crippen LogP contribution in [0.25, 0.3) is 11.1 Å². The van der Waals surface area contributed by atoms with Gasteiger partial charge >= 0.3 is 5.76 Å². The van der Waals surface area contributed by atoms with E-state index in [1.807, 2.05) is 12.1 Å². The van der Waals surface area contributed by atoms with Crippen LogP contribution in [0.5, 0.6) is 0 Å². The van der Waals surface area contributed by atoms with E-state index in [0.29, 0.717) is 0 Å². The average molecular weight is 374 g/mol. The normalized spacial score (nSPS) is 18.2. The summed E-state index contributed by atoms with van der Waals surface area (Å²) in [7, 11) is 0. The molecule has 1 atom stereocenters. The molecule has 0 spiro atoms. The van der Waals surface area contributed by atoms with Crippen molar-refractivity contribution in [2.24, 2.45) is 5.92 Å². The second-order valence-electron chi connectivity index (χ2n) is 7.94. The molecule has 1 saturated heterocycles. The van der Waals surface area contributed by atoms with Crippen molar-refractivity contribution in [1.29, 1.82) is 0 Å². The van der Waals surface area contributed by atoms with Crippen LogP contribution in [0, 0.1) is 5.92 Å². The molecule has 5 nitrogen and oxygen atoms in total. The fraction of sp³-hybridized carbons (Fsp3) is 0.682. The molecule has 0 bridgehead atoms. The predicted octanol–water partition coefficient (Wildman–Crippen LogP) is 3.94. The molecule has 1 aliphatic rings. The third-order valence-corrected chi connectivity index (χ3v) is 5.79. The summed E-state index contributed by atoms with van der Waals surface area (Å²) in [5.74, 6) is 0.536. The third kappa shape index (κ3) is 6.22. The van der Waals surface area contributed by atoms with Crippen molar-refractivity contribution in [3.05, 3.63) is 34.3 Å². The number of para-hydroxylation sites is 1. The summed E-state index contributed by atoms with van der Waals surface area (Å²) >= 11 is 0. The Bertz CT molecular complexity index is 728. The lowest BCUT2D eigenvalue weighted by Gasteiger charge is -2.24. The predicted molar refractivity (Wildman–Crippen MR) is 111 cm³/mol. The van der Waals surface area contributed by atoms with Crippen LogP contribution in [-0.2, 0) is 6.42 Å². The van der Waals surface area contributed by atoms with E-state index < -0.39 is 0 Å². The van der Waals surface area contributed by atoms with E-state index in [2.05, 4.69) is 28.2 Å². The largest absolute Gasteiger partial charge is 0.417 e. The van der Waals surface area contributed by atoms with Crippen molar-refractivity contribution in [1.82, 2.24) is 15.2 Å². The number of aromatic amines is 1. The standard InChI is InChI=1S/C22H35N3O2/c1-2-15-25(17-12-18-7-6-13-23-14-11-18)16-4-3-8-19-9-5-10-20-21(19)27-22(26)24-20/h5,9-10,18,23H,2-4,6-8,11-17H2,1H3,(H,24,26). The lowest BCUT2D eigenvalue weighted by Crippen LogP contribution is -2.28. The van der Waals surface area contributed by atoms with Crippen LogP contribution in [0.3, 0.4) is 0 Å². The number of fused-ring (bicyclic) bond motifs is 1. The SMILES string of the molecule is CCCN(CCCCc1cccc2[nH]c(=O)oc12)CCC1CCCNCC1. The first-order chi connectivity index (χ1) is 13.3. The number of hydrogen-bond acceptors (Lipinski definition) is 4. The van der Waals surface area contributed by atoms with Gasteiger partial charge in [0.2, 0.25) is 0 Å². The van der Waals surface area contributed by atoms with Crippen LogP contribution < -0.4 is 11.1 Å². The molecule has 1 aliphatic heterocycles. The minimum absolute atomic E-state index is 0.361. The average Bonchev–Trinajstić information content (AvgIpc) is 2.88. The van der Waals surface area contributed by atoms with Crippen LogP contribution >= 0.6 is 0 Å². The number of hydrogen-bond donors (Lipinski definition) is 2. The van der Waals surface area contributed by atoms with Gasteiger partial charge in [-0.25, -0.2) is 4.79 Å². The molecule has 0 saturated carbocycles. The zero-order valence-corrected chi connectivity index (χ0v) is 16.8. The van der Waals surface area contributed by atoms with Crippen LogP contribution in [0.1, 0.15) is 57.4 Å². The van der Waals surface area contributed by atoms with Crippen LogP contribution in [-0.4, -0.2) is 42.6 Å². The van der Waals surface area contributed by atoms with Crippen LogP contribution in [0.2, 0.25) is 0 Å². The molecule has 2 heterocycles. The van der Waals surface area contributed by atoms with E-state index in [4.69, 9.17) is 4.42 Å². The number of nitrogens with zero attached hydrogens (tertiary/aromatic N) is 1. The minimum Gasteiger partial charge on any atom is -0.408 e. The first-order valence-electron chi connectivity index (χ1n) is 10.8. The molecule has 3 rings (SSSR count). The fourth-order valence-electron chi connectivity index (χ4n) is 4.28. The van der Waals surface area contributed by atoms with E-state index in [1.165, 1.54) is 71.2 Å². The van der Waals surface area contributed by atoms with Gasteiger partial charge in [-0.05, 0) is 102 Å². The summed E-state index contributed by atoms with van der Waals surface area (Å²) in [4.78, 5) is 16.8. The second kappa shape index (κ2) is 10.7. The van der Waals surface area contributed by atoms with E-state index in [-0.39, 0.29) is 5.76 Å². The van der Waals surface area contributed by atoms with Gasteiger partial charge in [0.05, 0.1) is 5.52 Å². The molecular formula is C22H35N3O2. The zero-order chi connectivity index (χ0) is 18.9. The summed E-state index contributed by atoms with van der Waals surface area (Å²) in [6.07, 6.45) is 9.91. The molecule has 2 aromatic rings. The molecule has 1 aromatic heterocycles. The third-order valence-electron chi connectivity index (χ3n) is 5.79. The number of aryl methyl sites for hydroxylation is 1. The Kier molecular flexibility index (Phi) is 7.96. The van der Waals surface area contributed by atoms with Crippen LogP contribution in [0.4, 0.5) is 0 Å². The van der Waals surface area contributed by atoms with Gasteiger partial charge in [-0.3, -0.25) is 4.98 Å². The second-order valence-corrected chi connectivity index (χ2v) is 7.94. The van der Waals surface area contributed by atoms with Crippen molar-refractivity contribution in [3.63, 3.8) is 0 Å². The van der Waals surface area contributed by atoms with Crippen LogP contribution in [0.15, 0.2) is 27.4 Å². The Labute approximate surface area is 162 Å². The summed E-state index contributed by atoms with van der Waals surface area (Å²) in [6, 6.07) is 5.97. The highest BCUT2D eigenvalue weighted by molar-refractivity contribution is 5.75. The Morgan fingerprint density at radius 3 is 2.96 bits per heavy atom. The fourth-order valence-corrected chi connectivity index (χ4v) is 4.28. The molecule has 150 valence electrons. The molecule has 5 heteroatoms. The quantitative estimate of drug-likeness (QED) is 0.619. The number of H-pyrrole nitrogens is 1. The zero-order valence-electron chi connectivity index (χ0n) is 16.8. The van der Waals surface area contributed by atoms with Crippen molar-refractivity contribution < 1.29 is 4.42 Å². The molecule has 0 aliphatic carbocycles. The minimum atomic E-state index is -0.361. The van der Waals surface area contributed by atoms with E-state index in [1.54, 1.807) is 0 Å². The topological polar surface area (TPSA) is 61.3 Å². The maximum Gasteiger partial charge on any atom is 0.417 e. The number of nitrogens with one attached hydrogen (secondary N) is 2. The smallest absolute Gasteiger partial charge is 0.408 e. The number of benzene rings is 1. The Hall–Kier alpha value is -1.59. The number of aromatic nitrogens is 1. The number of rotatable bonds is 10. The first-order valence-corrected chi connectivity index (χ1v) is 10.8. The lowest BCUT2D eigenvalue weighted by molar-refractivity contribution is 0.241. The molecule has 1 unspecified atom stereocenters. The van der Waals surface area contributed by atoms with Crippen molar-refractivity contribution in [2.45, 2.75) is 58.3 Å². The summed E-state index contributed by atoms with van der Waals surface area (Å²) in [5, 5.41) is 3.52. The molecule has 1 aromatic carbocycles. The van der Waals surface area contributed by atoms with Gasteiger partial charge in [0, 0.05) is 0 Å². The molecule has 0 radical (unpaired) electrons. The summed E-state index contributed by atoms with van der Waals surface area (Å²) in [6.45, 7) is 8.28. The van der Waals surface area contributed by atoms with Crippen molar-refractivity contribution >= 4 is 11.1 Å². The van der Waals surface area contributed by atoms with Gasteiger partial charge in [0.15, 0.2) is 5.58 Å². The van der Waals surface area contributed by atoms with E-state index in [9.17, 15) is 4.79 Å². The van der Waals surface area contributed by atoms with Gasteiger partial charge in [0.1, 0.15) is 0 Å². The Balaban J connectivity index is 1.42. The van der Waals surface area contributed by atoms with Gasteiger partial charge in [-0.15, -0.1) is 0 Å². The van der Waals surface area contributed by atoms with E-state index >= 15 is 0 Å².